The van der Waals surface area contributed by atoms with Crippen LogP contribution in [0, 0.1) is 0 Å². The fourth-order valence-corrected chi connectivity index (χ4v) is 3.50. The average molecular weight is 398 g/mol. The molecule has 0 aliphatic rings. The van der Waals surface area contributed by atoms with Gasteiger partial charge in [0.15, 0.2) is 0 Å². The van der Waals surface area contributed by atoms with E-state index in [4.69, 9.17) is 0 Å². The first-order valence-electron chi connectivity index (χ1n) is 10.4. The number of fused-ring (bicyclic) bond motifs is 1. The summed E-state index contributed by atoms with van der Waals surface area (Å²) in [6.07, 6.45) is 1.61. The van der Waals surface area contributed by atoms with Crippen molar-refractivity contribution in [2.45, 2.75) is 26.4 Å². The first-order valence-corrected chi connectivity index (χ1v) is 10.4. The minimum Gasteiger partial charge on any atom is -0.340 e. The molecule has 0 bridgehead atoms. The molecule has 0 unspecified atom stereocenters. The van der Waals surface area contributed by atoms with Gasteiger partial charge < -0.3 is 9.80 Å². The third-order valence-electron chi connectivity index (χ3n) is 5.92. The molecule has 0 spiro atoms. The van der Waals surface area contributed by atoms with Crippen molar-refractivity contribution in [2.24, 2.45) is 0 Å². The van der Waals surface area contributed by atoms with Crippen molar-refractivity contribution in [3.8, 4) is 11.1 Å². The van der Waals surface area contributed by atoms with E-state index in [9.17, 15) is 0 Å². The number of hydrogen-bond acceptors (Lipinski definition) is 3. The van der Waals surface area contributed by atoms with E-state index in [1.807, 2.05) is 30.3 Å². The van der Waals surface area contributed by atoms with Crippen molar-refractivity contribution in [1.82, 2.24) is 9.97 Å². The third kappa shape index (κ3) is 4.34. The standard InChI is InChI=1S/C26H29N4/c1-19(2)30(3,4)17-20-9-8-10-21(15-20)22-13-14-25-24(16-22)26(28-18-27-25)29-23-11-6-5-7-12-23/h5-16,18-19H,17H2,1-4H3,(H,27,28,29)/q+1. The molecule has 152 valence electrons. The summed E-state index contributed by atoms with van der Waals surface area (Å²) in [5.74, 6) is 0.821. The minimum atomic E-state index is 0.568. The Hall–Kier alpha value is -3.24. The van der Waals surface area contributed by atoms with E-state index in [1.165, 1.54) is 16.7 Å². The fraction of sp³-hybridized carbons (Fsp3) is 0.231. The number of hydrogen-bond donors (Lipinski definition) is 1. The lowest BCUT2D eigenvalue weighted by molar-refractivity contribution is -0.924. The number of quaternary nitrogens is 1. The van der Waals surface area contributed by atoms with Crippen LogP contribution in [-0.2, 0) is 6.54 Å². The highest BCUT2D eigenvalue weighted by atomic mass is 15.3. The third-order valence-corrected chi connectivity index (χ3v) is 5.92. The quantitative estimate of drug-likeness (QED) is 0.404. The molecule has 4 nitrogen and oxygen atoms in total. The van der Waals surface area contributed by atoms with Gasteiger partial charge in [0.25, 0.3) is 0 Å². The van der Waals surface area contributed by atoms with Gasteiger partial charge in [0.05, 0.1) is 25.7 Å². The maximum atomic E-state index is 4.50. The first-order chi connectivity index (χ1) is 14.4. The molecule has 0 radical (unpaired) electrons. The van der Waals surface area contributed by atoms with Gasteiger partial charge in [-0.05, 0) is 55.3 Å². The Kier molecular flexibility index (Phi) is 5.51. The van der Waals surface area contributed by atoms with Crippen LogP contribution in [0.15, 0.2) is 79.1 Å². The second-order valence-corrected chi connectivity index (χ2v) is 8.68. The smallest absolute Gasteiger partial charge is 0.141 e. The van der Waals surface area contributed by atoms with Crippen molar-refractivity contribution in [3.05, 3.63) is 84.7 Å². The zero-order valence-electron chi connectivity index (χ0n) is 18.1. The van der Waals surface area contributed by atoms with Crippen LogP contribution >= 0.6 is 0 Å². The lowest BCUT2D eigenvalue weighted by atomic mass is 10.0. The Morgan fingerprint density at radius 3 is 2.37 bits per heavy atom. The molecule has 1 aromatic heterocycles. The maximum Gasteiger partial charge on any atom is 0.141 e. The zero-order chi connectivity index (χ0) is 21.1. The second-order valence-electron chi connectivity index (χ2n) is 8.68. The van der Waals surface area contributed by atoms with Gasteiger partial charge in [-0.2, -0.15) is 0 Å². The van der Waals surface area contributed by atoms with Crippen LogP contribution in [0.5, 0.6) is 0 Å². The maximum absolute atomic E-state index is 4.50. The summed E-state index contributed by atoms with van der Waals surface area (Å²) in [5.41, 5.74) is 5.68. The van der Waals surface area contributed by atoms with E-state index < -0.39 is 0 Å². The Labute approximate surface area is 178 Å². The van der Waals surface area contributed by atoms with Crippen LogP contribution in [-0.4, -0.2) is 34.6 Å². The Balaban J connectivity index is 1.70. The Bertz CT molecular complexity index is 1150. The predicted octanol–water partition coefficient (Wildman–Crippen LogP) is 6.03. The summed E-state index contributed by atoms with van der Waals surface area (Å²) in [6, 6.07) is 25.9. The average Bonchev–Trinajstić information content (AvgIpc) is 2.74. The molecule has 4 aromatic rings. The summed E-state index contributed by atoms with van der Waals surface area (Å²) in [6.45, 7) is 5.55. The van der Waals surface area contributed by atoms with Gasteiger partial charge in [0.1, 0.15) is 18.7 Å². The van der Waals surface area contributed by atoms with Crippen molar-refractivity contribution in [1.29, 1.82) is 0 Å². The van der Waals surface area contributed by atoms with Gasteiger partial charge in [-0.1, -0.05) is 42.5 Å². The predicted molar refractivity (Wildman–Crippen MR) is 126 cm³/mol. The summed E-state index contributed by atoms with van der Waals surface area (Å²) in [7, 11) is 4.57. The molecule has 0 atom stereocenters. The van der Waals surface area contributed by atoms with E-state index >= 15 is 0 Å². The van der Waals surface area contributed by atoms with E-state index in [1.54, 1.807) is 6.33 Å². The van der Waals surface area contributed by atoms with Gasteiger partial charge >= 0.3 is 0 Å². The molecule has 0 aliphatic carbocycles. The zero-order valence-corrected chi connectivity index (χ0v) is 18.1. The van der Waals surface area contributed by atoms with Crippen LogP contribution in [0.2, 0.25) is 0 Å². The second kappa shape index (κ2) is 8.25. The lowest BCUT2D eigenvalue weighted by Crippen LogP contribution is -2.44. The SMILES string of the molecule is CC(C)[N+](C)(C)Cc1cccc(-c2ccc3ncnc(Nc4ccccc4)c3c2)c1. The summed E-state index contributed by atoms with van der Waals surface area (Å²) >= 11 is 0. The Morgan fingerprint density at radius 2 is 1.60 bits per heavy atom. The molecular weight excluding hydrogens is 368 g/mol. The molecule has 0 fully saturated rings. The first kappa shape index (κ1) is 20.0. The molecule has 30 heavy (non-hydrogen) atoms. The van der Waals surface area contributed by atoms with E-state index in [0.717, 1.165) is 33.4 Å². The van der Waals surface area contributed by atoms with Crippen LogP contribution in [0.4, 0.5) is 11.5 Å². The number of benzene rings is 3. The normalized spacial score (nSPS) is 11.8. The molecule has 0 saturated heterocycles. The Morgan fingerprint density at radius 1 is 0.833 bits per heavy atom. The minimum absolute atomic E-state index is 0.568. The van der Waals surface area contributed by atoms with E-state index in [-0.39, 0.29) is 0 Å². The van der Waals surface area contributed by atoms with Gasteiger partial charge in [-0.25, -0.2) is 9.97 Å². The monoisotopic (exact) mass is 397 g/mol. The highest BCUT2D eigenvalue weighted by Gasteiger charge is 2.20. The van der Waals surface area contributed by atoms with Crippen LogP contribution < -0.4 is 5.32 Å². The highest BCUT2D eigenvalue weighted by Crippen LogP contribution is 2.29. The summed E-state index contributed by atoms with van der Waals surface area (Å²) < 4.78 is 0.958. The number of nitrogens with one attached hydrogen (secondary N) is 1. The lowest BCUT2D eigenvalue weighted by Gasteiger charge is -2.34. The van der Waals surface area contributed by atoms with Crippen LogP contribution in [0.1, 0.15) is 19.4 Å². The molecular formula is C26H29N4+. The van der Waals surface area contributed by atoms with Crippen molar-refractivity contribution in [3.63, 3.8) is 0 Å². The van der Waals surface area contributed by atoms with Gasteiger partial charge in [0, 0.05) is 16.6 Å². The number of aromatic nitrogens is 2. The van der Waals surface area contributed by atoms with Crippen molar-refractivity contribution in [2.75, 3.05) is 19.4 Å². The molecule has 3 aromatic carbocycles. The molecule has 0 saturated carbocycles. The summed E-state index contributed by atoms with van der Waals surface area (Å²) in [5, 5.41) is 4.44. The summed E-state index contributed by atoms with van der Waals surface area (Å²) in [4.78, 5) is 8.95. The fourth-order valence-electron chi connectivity index (χ4n) is 3.50. The van der Waals surface area contributed by atoms with Crippen molar-refractivity contribution >= 4 is 22.4 Å². The topological polar surface area (TPSA) is 37.8 Å². The molecule has 0 aliphatic heterocycles. The number of para-hydroxylation sites is 1. The molecule has 4 rings (SSSR count). The number of nitrogens with zero attached hydrogens (tertiary/aromatic N) is 3. The van der Waals surface area contributed by atoms with Gasteiger partial charge in [0.2, 0.25) is 0 Å². The largest absolute Gasteiger partial charge is 0.340 e. The van der Waals surface area contributed by atoms with E-state index in [0.29, 0.717) is 6.04 Å². The highest BCUT2D eigenvalue weighted by molar-refractivity contribution is 5.93. The molecule has 4 heteroatoms. The van der Waals surface area contributed by atoms with Crippen LogP contribution in [0.25, 0.3) is 22.0 Å². The van der Waals surface area contributed by atoms with Crippen molar-refractivity contribution < 1.29 is 4.48 Å². The van der Waals surface area contributed by atoms with E-state index in [2.05, 4.69) is 85.7 Å². The number of rotatable bonds is 6. The molecule has 0 amide bonds. The van der Waals surface area contributed by atoms with Gasteiger partial charge in [-0.3, -0.25) is 0 Å². The number of anilines is 2. The van der Waals surface area contributed by atoms with Crippen LogP contribution in [0.3, 0.4) is 0 Å². The van der Waals surface area contributed by atoms with Gasteiger partial charge in [-0.15, -0.1) is 0 Å². The molecule has 1 heterocycles. The molecule has 1 N–H and O–H groups in total.